The quantitative estimate of drug-likeness (QED) is 0.683. The molecule has 1 N–H and O–H groups in total. The first kappa shape index (κ1) is 23.8. The number of nitrogens with one attached hydrogen (secondary N) is 1. The lowest BCUT2D eigenvalue weighted by atomic mass is 9.98. The Morgan fingerprint density at radius 3 is 2.41 bits per heavy atom. The van der Waals surface area contributed by atoms with E-state index in [-0.39, 0.29) is 29.3 Å². The van der Waals surface area contributed by atoms with Gasteiger partial charge in [0.15, 0.2) is 0 Å². The summed E-state index contributed by atoms with van der Waals surface area (Å²) in [4.78, 5) is 15.4. The van der Waals surface area contributed by atoms with Crippen molar-refractivity contribution in [2.75, 3.05) is 19.6 Å². The van der Waals surface area contributed by atoms with Gasteiger partial charge in [-0.1, -0.05) is 0 Å². The van der Waals surface area contributed by atoms with Crippen LogP contribution in [0.2, 0.25) is 0 Å². The van der Waals surface area contributed by atoms with Gasteiger partial charge < -0.3 is 5.32 Å². The molecule has 1 aromatic heterocycles. The molecule has 8 nitrogen and oxygen atoms in total. The number of rotatable bonds is 8. The fraction of sp³-hybridized carbons (Fsp3) is 0.800. The summed E-state index contributed by atoms with van der Waals surface area (Å²) in [5.74, 6) is -0.391. The maximum absolute atomic E-state index is 13.0. The molecule has 0 unspecified atom stereocenters. The van der Waals surface area contributed by atoms with E-state index in [1.165, 1.54) is 10.5 Å². The summed E-state index contributed by atoms with van der Waals surface area (Å²) in [5, 5.41) is 7.15. The summed E-state index contributed by atoms with van der Waals surface area (Å²) < 4.78 is 29.1. The van der Waals surface area contributed by atoms with Crippen LogP contribution in [0, 0.1) is 12.8 Å². The van der Waals surface area contributed by atoms with E-state index >= 15 is 0 Å². The van der Waals surface area contributed by atoms with Gasteiger partial charge in [-0.15, -0.1) is 0 Å². The van der Waals surface area contributed by atoms with Crippen LogP contribution in [0.3, 0.4) is 0 Å². The van der Waals surface area contributed by atoms with Gasteiger partial charge in [-0.05, 0) is 54.4 Å². The molecule has 0 saturated carbocycles. The highest BCUT2D eigenvalue weighted by molar-refractivity contribution is 7.89. The Kier molecular flexibility index (Phi) is 7.86. The van der Waals surface area contributed by atoms with E-state index in [2.05, 4.69) is 43.0 Å². The molecule has 0 spiro atoms. The Labute approximate surface area is 175 Å². The Bertz CT molecular complexity index is 795. The highest BCUT2D eigenvalue weighted by Gasteiger charge is 2.35. The van der Waals surface area contributed by atoms with E-state index in [4.69, 9.17) is 0 Å². The van der Waals surface area contributed by atoms with Gasteiger partial charge in [0.2, 0.25) is 15.9 Å². The van der Waals surface area contributed by atoms with Crippen LogP contribution >= 0.6 is 0 Å². The van der Waals surface area contributed by atoms with E-state index in [1.807, 2.05) is 6.92 Å². The van der Waals surface area contributed by atoms with Gasteiger partial charge in [-0.25, -0.2) is 8.42 Å². The Hall–Kier alpha value is -1.45. The Morgan fingerprint density at radius 1 is 1.28 bits per heavy atom. The topological polar surface area (TPSA) is 87.5 Å². The molecule has 1 saturated heterocycles. The third-order valence-electron chi connectivity index (χ3n) is 5.76. The molecule has 2 atom stereocenters. The molecule has 2 rings (SSSR count). The zero-order chi connectivity index (χ0) is 21.9. The predicted octanol–water partition coefficient (Wildman–Crippen LogP) is 1.75. The monoisotopic (exact) mass is 427 g/mol. The second-order valence-corrected chi connectivity index (χ2v) is 10.6. The van der Waals surface area contributed by atoms with Gasteiger partial charge in [0.25, 0.3) is 0 Å². The standard InChI is InChI=1S/C20H37N5O3S/c1-14(2)25(15(3)4)12-16(5)22-20(26)18-9-8-10-24(13-18)29(27,28)19-11-21-23(7)17(19)6/h11,14-16,18H,8-10,12-13H2,1-7H3,(H,22,26)/t16-,18+/m0/s1. The minimum atomic E-state index is -3.65. The van der Waals surface area contributed by atoms with Crippen LogP contribution in [0.15, 0.2) is 11.1 Å². The lowest BCUT2D eigenvalue weighted by Crippen LogP contribution is -2.51. The molecule has 9 heteroatoms. The van der Waals surface area contributed by atoms with Crippen molar-refractivity contribution in [3.05, 3.63) is 11.9 Å². The van der Waals surface area contributed by atoms with Crippen molar-refractivity contribution >= 4 is 15.9 Å². The fourth-order valence-corrected chi connectivity index (χ4v) is 5.70. The van der Waals surface area contributed by atoms with Gasteiger partial charge in [-0.3, -0.25) is 14.4 Å². The number of carbonyl (C=O) groups excluding carboxylic acids is 1. The maximum Gasteiger partial charge on any atom is 0.246 e. The van der Waals surface area contributed by atoms with Crippen molar-refractivity contribution in [3.8, 4) is 0 Å². The van der Waals surface area contributed by atoms with Gasteiger partial charge >= 0.3 is 0 Å². The van der Waals surface area contributed by atoms with E-state index in [9.17, 15) is 13.2 Å². The van der Waals surface area contributed by atoms with Crippen LogP contribution in [0.25, 0.3) is 0 Å². The van der Waals surface area contributed by atoms with Crippen LogP contribution < -0.4 is 5.32 Å². The molecule has 0 bridgehead atoms. The van der Waals surface area contributed by atoms with Crippen molar-refractivity contribution in [3.63, 3.8) is 0 Å². The number of aryl methyl sites for hydroxylation is 1. The minimum Gasteiger partial charge on any atom is -0.352 e. The number of nitrogens with zero attached hydrogens (tertiary/aromatic N) is 4. The summed E-state index contributed by atoms with van der Waals surface area (Å²) in [6.45, 7) is 13.8. The zero-order valence-corrected chi connectivity index (χ0v) is 19.7. The van der Waals surface area contributed by atoms with Gasteiger partial charge in [0.05, 0.1) is 17.8 Å². The summed E-state index contributed by atoms with van der Waals surface area (Å²) >= 11 is 0. The SMILES string of the molecule is Cc1c(S(=O)(=O)N2CCC[C@@H](C(=O)N[C@@H](C)CN(C(C)C)C(C)C)C2)cnn1C. The van der Waals surface area contributed by atoms with E-state index in [0.717, 1.165) is 6.54 Å². The van der Waals surface area contributed by atoms with Gasteiger partial charge in [0.1, 0.15) is 4.90 Å². The Morgan fingerprint density at radius 2 is 1.90 bits per heavy atom. The van der Waals surface area contributed by atoms with Gasteiger partial charge in [0, 0.05) is 44.8 Å². The first-order valence-electron chi connectivity index (χ1n) is 10.5. The third kappa shape index (κ3) is 5.58. The predicted molar refractivity (Wildman–Crippen MR) is 114 cm³/mol. The minimum absolute atomic E-state index is 0.000138. The molecule has 1 aromatic rings. The molecule has 0 aromatic carbocycles. The molecule has 0 aliphatic carbocycles. The van der Waals surface area contributed by atoms with Crippen LogP contribution in [0.4, 0.5) is 0 Å². The lowest BCUT2D eigenvalue weighted by molar-refractivity contribution is -0.126. The van der Waals surface area contributed by atoms with Crippen LogP contribution in [-0.4, -0.2) is 71.1 Å². The smallest absolute Gasteiger partial charge is 0.246 e. The highest BCUT2D eigenvalue weighted by Crippen LogP contribution is 2.25. The maximum atomic E-state index is 13.0. The second kappa shape index (κ2) is 9.57. The summed E-state index contributed by atoms with van der Waals surface area (Å²) in [6.07, 6.45) is 2.77. The van der Waals surface area contributed by atoms with Crippen molar-refractivity contribution in [1.82, 2.24) is 24.3 Å². The molecule has 0 radical (unpaired) electrons. The first-order chi connectivity index (χ1) is 13.4. The molecule has 166 valence electrons. The number of piperidine rings is 1. The van der Waals surface area contributed by atoms with Crippen LogP contribution in [-0.2, 0) is 21.9 Å². The first-order valence-corrected chi connectivity index (χ1v) is 11.9. The molecule has 1 fully saturated rings. The molecular weight excluding hydrogens is 390 g/mol. The van der Waals surface area contributed by atoms with Crippen molar-refractivity contribution in [2.45, 2.75) is 77.4 Å². The Balaban J connectivity index is 2.03. The van der Waals surface area contributed by atoms with Gasteiger partial charge in [-0.2, -0.15) is 9.40 Å². The second-order valence-electron chi connectivity index (χ2n) is 8.71. The third-order valence-corrected chi connectivity index (χ3v) is 7.73. The summed E-state index contributed by atoms with van der Waals surface area (Å²) in [7, 11) is -1.92. The van der Waals surface area contributed by atoms with Crippen LogP contribution in [0.1, 0.15) is 53.2 Å². The molecular formula is C20H37N5O3S. The summed E-state index contributed by atoms with van der Waals surface area (Å²) in [5.41, 5.74) is 0.604. The fourth-order valence-electron chi connectivity index (χ4n) is 3.99. The lowest BCUT2D eigenvalue weighted by Gasteiger charge is -2.35. The molecule has 2 heterocycles. The number of hydrogen-bond acceptors (Lipinski definition) is 5. The van der Waals surface area contributed by atoms with Crippen molar-refractivity contribution in [1.29, 1.82) is 0 Å². The van der Waals surface area contributed by atoms with E-state index in [0.29, 0.717) is 37.2 Å². The number of carbonyl (C=O) groups is 1. The number of hydrogen-bond donors (Lipinski definition) is 1. The largest absolute Gasteiger partial charge is 0.352 e. The average molecular weight is 428 g/mol. The van der Waals surface area contributed by atoms with Crippen LogP contribution in [0.5, 0.6) is 0 Å². The van der Waals surface area contributed by atoms with E-state index < -0.39 is 10.0 Å². The zero-order valence-electron chi connectivity index (χ0n) is 18.8. The molecule has 1 amide bonds. The van der Waals surface area contributed by atoms with E-state index in [1.54, 1.807) is 18.7 Å². The number of sulfonamides is 1. The van der Waals surface area contributed by atoms with Crippen molar-refractivity contribution in [2.24, 2.45) is 13.0 Å². The average Bonchev–Trinajstić information content (AvgIpc) is 2.98. The molecule has 1 aliphatic heterocycles. The normalized spacial score (nSPS) is 19.9. The molecule has 1 aliphatic rings. The summed E-state index contributed by atoms with van der Waals surface area (Å²) in [6, 6.07) is 0.791. The highest BCUT2D eigenvalue weighted by atomic mass is 32.2. The van der Waals surface area contributed by atoms with Crippen molar-refractivity contribution < 1.29 is 13.2 Å². The molecule has 29 heavy (non-hydrogen) atoms. The number of amides is 1. The number of aromatic nitrogens is 2.